The average molecular weight is 342 g/mol. The van der Waals surface area contributed by atoms with E-state index in [-0.39, 0.29) is 11.9 Å². The van der Waals surface area contributed by atoms with E-state index in [1.54, 1.807) is 22.8 Å². The lowest BCUT2D eigenvalue weighted by Crippen LogP contribution is -2.62. The van der Waals surface area contributed by atoms with Crippen molar-refractivity contribution in [2.75, 3.05) is 13.1 Å². The monoisotopic (exact) mass is 342 g/mol. The largest absolute Gasteiger partial charge is 0.346 e. The number of amides is 1. The summed E-state index contributed by atoms with van der Waals surface area (Å²) in [6, 6.07) is 8.85. The van der Waals surface area contributed by atoms with E-state index < -0.39 is 5.95 Å². The highest BCUT2D eigenvalue weighted by molar-refractivity contribution is 5.94. The highest BCUT2D eigenvalue weighted by Crippen LogP contribution is 2.32. The quantitative estimate of drug-likeness (QED) is 0.872. The summed E-state index contributed by atoms with van der Waals surface area (Å²) in [6.45, 7) is 4.47. The Morgan fingerprint density at radius 3 is 2.68 bits per heavy atom. The van der Waals surface area contributed by atoms with Crippen molar-refractivity contribution >= 4 is 5.91 Å². The first-order valence-corrected chi connectivity index (χ1v) is 8.88. The molecule has 3 aliphatic rings. The Hall–Kier alpha value is -2.21. The summed E-state index contributed by atoms with van der Waals surface area (Å²) in [5.41, 5.74) is 1.83. The van der Waals surface area contributed by atoms with E-state index in [4.69, 9.17) is 0 Å². The maximum absolute atomic E-state index is 13.4. The van der Waals surface area contributed by atoms with Crippen molar-refractivity contribution in [2.24, 2.45) is 13.0 Å². The van der Waals surface area contributed by atoms with Gasteiger partial charge in [0.15, 0.2) is 0 Å². The molecule has 5 rings (SSSR count). The van der Waals surface area contributed by atoms with Crippen LogP contribution in [0.5, 0.6) is 0 Å². The fourth-order valence-electron chi connectivity index (χ4n) is 4.32. The highest BCUT2D eigenvalue weighted by Gasteiger charge is 2.40. The van der Waals surface area contributed by atoms with Crippen molar-refractivity contribution in [3.63, 3.8) is 0 Å². The van der Waals surface area contributed by atoms with Gasteiger partial charge < -0.3 is 9.88 Å². The van der Waals surface area contributed by atoms with E-state index >= 15 is 0 Å². The van der Waals surface area contributed by atoms with Gasteiger partial charge in [0.05, 0.1) is 11.4 Å². The Labute approximate surface area is 146 Å². The van der Waals surface area contributed by atoms with Gasteiger partial charge in [0.25, 0.3) is 5.91 Å². The second-order valence-corrected chi connectivity index (χ2v) is 7.12. The molecule has 6 heteroatoms. The van der Waals surface area contributed by atoms with Crippen LogP contribution in [0, 0.1) is 11.9 Å². The average Bonchev–Trinajstić information content (AvgIpc) is 3.00. The third kappa shape index (κ3) is 2.84. The molecule has 2 unspecified atom stereocenters. The maximum Gasteiger partial charge on any atom is 0.268 e. The topological polar surface area (TPSA) is 50.2 Å². The minimum Gasteiger partial charge on any atom is -0.346 e. The van der Waals surface area contributed by atoms with Gasteiger partial charge in [-0.05, 0) is 63.0 Å². The van der Waals surface area contributed by atoms with Crippen molar-refractivity contribution in [1.29, 1.82) is 0 Å². The fourth-order valence-corrected chi connectivity index (χ4v) is 4.32. The minimum atomic E-state index is -0.522. The van der Waals surface area contributed by atoms with E-state index in [0.717, 1.165) is 31.6 Å². The molecule has 0 aromatic carbocycles. The Balaban J connectivity index is 1.55. The van der Waals surface area contributed by atoms with Crippen LogP contribution in [0.2, 0.25) is 0 Å². The predicted octanol–water partition coefficient (Wildman–Crippen LogP) is 2.44. The molecule has 1 N–H and O–H groups in total. The number of nitrogens with zero attached hydrogens (tertiary/aromatic N) is 3. The number of piperidine rings is 3. The second-order valence-electron chi connectivity index (χ2n) is 7.12. The zero-order valence-corrected chi connectivity index (χ0v) is 14.6. The molecular weight excluding hydrogens is 319 g/mol. The standard InChI is InChI=1S/C19H23FN4O/c1-12-18(13-8-10-24(12)11-9-13)22-19(25)16-7-6-15(23(16)2)14-4-3-5-17(20)21-14/h3-7,12-13,18H,8-11H2,1-2H3,(H,22,25). The van der Waals surface area contributed by atoms with Crippen LogP contribution in [0.25, 0.3) is 11.4 Å². The molecule has 1 amide bonds. The molecule has 3 aliphatic heterocycles. The van der Waals surface area contributed by atoms with Crippen molar-refractivity contribution in [3.8, 4) is 11.4 Å². The molecule has 0 saturated carbocycles. The molecule has 132 valence electrons. The summed E-state index contributed by atoms with van der Waals surface area (Å²) < 4.78 is 15.2. The lowest BCUT2D eigenvalue weighted by Gasteiger charge is -2.49. The Morgan fingerprint density at radius 1 is 1.24 bits per heavy atom. The van der Waals surface area contributed by atoms with Crippen LogP contribution >= 0.6 is 0 Å². The number of carbonyl (C=O) groups is 1. The van der Waals surface area contributed by atoms with Crippen LogP contribution in [-0.2, 0) is 7.05 Å². The number of halogens is 1. The zero-order valence-electron chi connectivity index (χ0n) is 14.6. The van der Waals surface area contributed by atoms with Gasteiger partial charge >= 0.3 is 0 Å². The van der Waals surface area contributed by atoms with E-state index in [9.17, 15) is 9.18 Å². The van der Waals surface area contributed by atoms with Gasteiger partial charge in [0.2, 0.25) is 5.95 Å². The lowest BCUT2D eigenvalue weighted by atomic mass is 9.79. The summed E-state index contributed by atoms with van der Waals surface area (Å²) in [5.74, 6) is -0.0323. The first-order valence-electron chi connectivity index (χ1n) is 8.88. The summed E-state index contributed by atoms with van der Waals surface area (Å²) in [7, 11) is 1.82. The molecule has 0 spiro atoms. The number of hydrogen-bond acceptors (Lipinski definition) is 3. The normalized spacial score (nSPS) is 28.1. The van der Waals surface area contributed by atoms with Crippen LogP contribution < -0.4 is 5.32 Å². The molecule has 3 saturated heterocycles. The van der Waals surface area contributed by atoms with Gasteiger partial charge in [0, 0.05) is 19.1 Å². The van der Waals surface area contributed by atoms with Crippen LogP contribution in [0.4, 0.5) is 4.39 Å². The summed E-state index contributed by atoms with van der Waals surface area (Å²) in [4.78, 5) is 19.2. The SMILES string of the molecule is CC1C(NC(=O)c2ccc(-c3cccc(F)n3)n2C)C2CCN1CC2. The van der Waals surface area contributed by atoms with E-state index in [2.05, 4.69) is 22.1 Å². The molecule has 5 nitrogen and oxygen atoms in total. The van der Waals surface area contributed by atoms with Gasteiger partial charge in [-0.15, -0.1) is 0 Å². The molecule has 3 fully saturated rings. The van der Waals surface area contributed by atoms with Gasteiger partial charge in [-0.1, -0.05) is 6.07 Å². The van der Waals surface area contributed by atoms with Crippen LogP contribution in [0.15, 0.2) is 30.3 Å². The molecule has 2 aromatic heterocycles. The number of hydrogen-bond donors (Lipinski definition) is 1. The number of rotatable bonds is 3. The van der Waals surface area contributed by atoms with E-state index in [1.807, 2.05) is 13.1 Å². The smallest absolute Gasteiger partial charge is 0.268 e. The maximum atomic E-state index is 13.4. The predicted molar refractivity (Wildman–Crippen MR) is 93.6 cm³/mol. The zero-order chi connectivity index (χ0) is 17.6. The van der Waals surface area contributed by atoms with E-state index in [0.29, 0.717) is 23.3 Å². The number of carbonyl (C=O) groups excluding carboxylic acids is 1. The van der Waals surface area contributed by atoms with Gasteiger partial charge in [0.1, 0.15) is 5.69 Å². The van der Waals surface area contributed by atoms with Gasteiger partial charge in [-0.2, -0.15) is 4.39 Å². The first kappa shape index (κ1) is 16.3. The molecule has 0 radical (unpaired) electrons. The minimum absolute atomic E-state index is 0.0734. The second kappa shape index (κ2) is 6.26. The lowest BCUT2D eigenvalue weighted by molar-refractivity contribution is 0.0215. The van der Waals surface area contributed by atoms with Crippen molar-refractivity contribution in [3.05, 3.63) is 42.0 Å². The van der Waals surface area contributed by atoms with Crippen molar-refractivity contribution < 1.29 is 9.18 Å². The van der Waals surface area contributed by atoms with Gasteiger partial charge in [-0.3, -0.25) is 9.69 Å². The number of pyridine rings is 1. The van der Waals surface area contributed by atoms with Gasteiger partial charge in [-0.25, -0.2) is 4.98 Å². The molecule has 0 aliphatic carbocycles. The number of fused-ring (bicyclic) bond motifs is 3. The summed E-state index contributed by atoms with van der Waals surface area (Å²) in [6.07, 6.45) is 2.31. The molecule has 2 bridgehead atoms. The van der Waals surface area contributed by atoms with E-state index in [1.165, 1.54) is 6.07 Å². The van der Waals surface area contributed by atoms with Crippen LogP contribution in [-0.4, -0.2) is 45.5 Å². The first-order chi connectivity index (χ1) is 12.0. The van der Waals surface area contributed by atoms with Crippen molar-refractivity contribution in [2.45, 2.75) is 31.8 Å². The van der Waals surface area contributed by atoms with Crippen LogP contribution in [0.1, 0.15) is 30.3 Å². The fraction of sp³-hybridized carbons (Fsp3) is 0.474. The third-order valence-corrected chi connectivity index (χ3v) is 5.81. The summed E-state index contributed by atoms with van der Waals surface area (Å²) >= 11 is 0. The Kier molecular flexibility index (Phi) is 4.07. The molecule has 25 heavy (non-hydrogen) atoms. The molecule has 2 atom stereocenters. The summed E-state index contributed by atoms with van der Waals surface area (Å²) in [5, 5.41) is 3.24. The Bertz CT molecular complexity index is 792. The third-order valence-electron chi connectivity index (χ3n) is 5.81. The number of aromatic nitrogens is 2. The molecule has 2 aromatic rings. The molecule has 5 heterocycles. The molecular formula is C19H23FN4O. The number of nitrogens with one attached hydrogen (secondary N) is 1. The van der Waals surface area contributed by atoms with Crippen molar-refractivity contribution in [1.82, 2.24) is 19.8 Å². The van der Waals surface area contributed by atoms with Crippen LogP contribution in [0.3, 0.4) is 0 Å². The Morgan fingerprint density at radius 2 is 2.00 bits per heavy atom. The highest BCUT2D eigenvalue weighted by atomic mass is 19.1.